The molecule has 3 aliphatic carbocycles. The summed E-state index contributed by atoms with van der Waals surface area (Å²) in [4.78, 5) is 0. The standard InChI is InChI=1S/C30H16Cl2/c31-15-7-9-17-23(11-15)19-3-1-5-21-25-13-28-18-10-8-16(32)12-24(18)20-4-2-6-22(30(20)28)26(25)14-27(17)29(19)21/h1-9,11-14,18H,10H2. The van der Waals surface area contributed by atoms with Crippen LogP contribution in [0.4, 0.5) is 0 Å². The van der Waals surface area contributed by atoms with Gasteiger partial charge in [0, 0.05) is 16.0 Å². The molecule has 3 aliphatic rings. The van der Waals surface area contributed by atoms with Gasteiger partial charge >= 0.3 is 0 Å². The minimum atomic E-state index is 0.390. The van der Waals surface area contributed by atoms with E-state index in [1.165, 1.54) is 71.3 Å². The summed E-state index contributed by atoms with van der Waals surface area (Å²) in [6, 6.07) is 24.6. The van der Waals surface area contributed by atoms with Crippen molar-refractivity contribution in [2.24, 2.45) is 0 Å². The molecule has 0 fully saturated rings. The highest BCUT2D eigenvalue weighted by molar-refractivity contribution is 6.33. The second kappa shape index (κ2) is 5.84. The summed E-state index contributed by atoms with van der Waals surface area (Å²) < 4.78 is 0. The van der Waals surface area contributed by atoms with Crippen molar-refractivity contribution < 1.29 is 0 Å². The molecule has 1 atom stereocenters. The van der Waals surface area contributed by atoms with E-state index >= 15 is 0 Å². The minimum absolute atomic E-state index is 0.390. The quantitative estimate of drug-likeness (QED) is 0.203. The fraction of sp³-hybridized carbons (Fsp3) is 0.0667. The molecule has 0 radical (unpaired) electrons. The molecule has 0 aromatic heterocycles. The van der Waals surface area contributed by atoms with E-state index in [4.69, 9.17) is 23.2 Å². The molecule has 0 heterocycles. The number of benzene rings is 5. The molecule has 32 heavy (non-hydrogen) atoms. The molecule has 150 valence electrons. The van der Waals surface area contributed by atoms with E-state index in [2.05, 4.69) is 72.8 Å². The van der Waals surface area contributed by atoms with E-state index in [1.807, 2.05) is 6.07 Å². The highest BCUT2D eigenvalue weighted by atomic mass is 35.5. The second-order valence-corrected chi connectivity index (χ2v) is 9.98. The van der Waals surface area contributed by atoms with Crippen molar-refractivity contribution in [1.82, 2.24) is 0 Å². The summed E-state index contributed by atoms with van der Waals surface area (Å²) in [6.07, 6.45) is 5.29. The molecule has 0 aliphatic heterocycles. The Labute approximate surface area is 195 Å². The third-order valence-electron chi connectivity index (χ3n) is 7.61. The van der Waals surface area contributed by atoms with Gasteiger partial charge in [-0.05, 0) is 108 Å². The van der Waals surface area contributed by atoms with Crippen LogP contribution in [-0.2, 0) is 0 Å². The van der Waals surface area contributed by atoms with Crippen LogP contribution in [0.25, 0.3) is 60.1 Å². The lowest BCUT2D eigenvalue weighted by molar-refractivity contribution is 0.898. The average molecular weight is 447 g/mol. The van der Waals surface area contributed by atoms with Gasteiger partial charge in [-0.1, -0.05) is 71.7 Å². The Morgan fingerprint density at radius 2 is 1.41 bits per heavy atom. The lowest BCUT2D eigenvalue weighted by Crippen LogP contribution is -1.98. The Bertz CT molecular complexity index is 1770. The number of rotatable bonds is 0. The first kappa shape index (κ1) is 17.5. The summed E-state index contributed by atoms with van der Waals surface area (Å²) >= 11 is 12.8. The summed E-state index contributed by atoms with van der Waals surface area (Å²) in [5.41, 5.74) is 9.26. The van der Waals surface area contributed by atoms with Crippen LogP contribution in [0.1, 0.15) is 23.5 Å². The van der Waals surface area contributed by atoms with Gasteiger partial charge in [-0.3, -0.25) is 0 Å². The lowest BCUT2D eigenvalue weighted by atomic mass is 9.87. The topological polar surface area (TPSA) is 0 Å². The Balaban J connectivity index is 1.57. The molecule has 0 saturated carbocycles. The van der Waals surface area contributed by atoms with Gasteiger partial charge in [0.15, 0.2) is 0 Å². The second-order valence-electron chi connectivity index (χ2n) is 9.11. The predicted molar refractivity (Wildman–Crippen MR) is 138 cm³/mol. The van der Waals surface area contributed by atoms with Crippen LogP contribution in [0, 0.1) is 0 Å². The van der Waals surface area contributed by atoms with E-state index in [0.717, 1.165) is 16.5 Å². The van der Waals surface area contributed by atoms with Gasteiger partial charge in [0.25, 0.3) is 0 Å². The van der Waals surface area contributed by atoms with Gasteiger partial charge in [-0.25, -0.2) is 0 Å². The van der Waals surface area contributed by atoms with Crippen molar-refractivity contribution in [2.45, 2.75) is 12.3 Å². The molecule has 0 saturated heterocycles. The van der Waals surface area contributed by atoms with Crippen molar-refractivity contribution in [2.75, 3.05) is 0 Å². The van der Waals surface area contributed by atoms with E-state index < -0.39 is 0 Å². The first-order chi connectivity index (χ1) is 15.7. The van der Waals surface area contributed by atoms with Crippen LogP contribution in [0.15, 0.2) is 83.9 Å². The summed E-state index contributed by atoms with van der Waals surface area (Å²) in [6.45, 7) is 0. The van der Waals surface area contributed by atoms with Crippen molar-refractivity contribution in [1.29, 1.82) is 0 Å². The van der Waals surface area contributed by atoms with Crippen molar-refractivity contribution in [3.05, 3.63) is 100 Å². The first-order valence-electron chi connectivity index (χ1n) is 11.0. The molecule has 1 unspecified atom stereocenters. The Morgan fingerprint density at radius 1 is 0.625 bits per heavy atom. The van der Waals surface area contributed by atoms with Crippen LogP contribution in [0.5, 0.6) is 0 Å². The SMILES string of the molecule is ClC1=CCC2C(=C1)c1cccc3c1c2cc1c2cccc4c2c(cc31)-c1ccc(Cl)cc1-4. The number of halogens is 2. The number of fused-ring (bicyclic) bond motifs is 9. The number of hydrogen-bond acceptors (Lipinski definition) is 0. The van der Waals surface area contributed by atoms with Crippen LogP contribution in [0.3, 0.4) is 0 Å². The molecule has 8 rings (SSSR count). The highest BCUT2D eigenvalue weighted by Crippen LogP contribution is 2.55. The molecule has 0 spiro atoms. The van der Waals surface area contributed by atoms with Crippen molar-refractivity contribution >= 4 is 61.1 Å². The molecule has 5 aromatic rings. The number of hydrogen-bond donors (Lipinski definition) is 0. The van der Waals surface area contributed by atoms with Crippen LogP contribution < -0.4 is 0 Å². The maximum absolute atomic E-state index is 6.42. The lowest BCUT2D eigenvalue weighted by Gasteiger charge is -2.17. The van der Waals surface area contributed by atoms with E-state index in [0.29, 0.717) is 5.92 Å². The average Bonchev–Trinajstić information content (AvgIpc) is 3.29. The third kappa shape index (κ3) is 2.01. The highest BCUT2D eigenvalue weighted by Gasteiger charge is 2.32. The molecule has 0 nitrogen and oxygen atoms in total. The van der Waals surface area contributed by atoms with Gasteiger partial charge in [0.05, 0.1) is 0 Å². The van der Waals surface area contributed by atoms with Crippen LogP contribution >= 0.6 is 23.2 Å². The third-order valence-corrected chi connectivity index (χ3v) is 8.11. The monoisotopic (exact) mass is 446 g/mol. The smallest absolute Gasteiger partial charge is 0.0412 e. The van der Waals surface area contributed by atoms with Crippen molar-refractivity contribution in [3.63, 3.8) is 0 Å². The van der Waals surface area contributed by atoms with E-state index in [9.17, 15) is 0 Å². The van der Waals surface area contributed by atoms with Crippen molar-refractivity contribution in [3.8, 4) is 22.3 Å². The molecular weight excluding hydrogens is 431 g/mol. The fourth-order valence-electron chi connectivity index (χ4n) is 6.35. The summed E-state index contributed by atoms with van der Waals surface area (Å²) in [7, 11) is 0. The zero-order chi connectivity index (χ0) is 21.1. The molecule has 0 amide bonds. The number of allylic oxidation sites excluding steroid dienone is 4. The molecule has 2 heteroatoms. The maximum atomic E-state index is 6.42. The van der Waals surface area contributed by atoms with Gasteiger partial charge < -0.3 is 0 Å². The van der Waals surface area contributed by atoms with Crippen LogP contribution in [0.2, 0.25) is 5.02 Å². The summed E-state index contributed by atoms with van der Waals surface area (Å²) in [5, 5.41) is 9.71. The van der Waals surface area contributed by atoms with Gasteiger partial charge in [0.2, 0.25) is 0 Å². The van der Waals surface area contributed by atoms with Gasteiger partial charge in [-0.2, -0.15) is 0 Å². The molecular formula is C30H16Cl2. The van der Waals surface area contributed by atoms with Gasteiger partial charge in [-0.15, -0.1) is 0 Å². The molecule has 0 N–H and O–H groups in total. The minimum Gasteiger partial charge on any atom is -0.0847 e. The zero-order valence-corrected chi connectivity index (χ0v) is 18.6. The zero-order valence-electron chi connectivity index (χ0n) is 17.0. The first-order valence-corrected chi connectivity index (χ1v) is 11.8. The van der Waals surface area contributed by atoms with Crippen LogP contribution in [-0.4, -0.2) is 0 Å². The van der Waals surface area contributed by atoms with Gasteiger partial charge in [0.1, 0.15) is 0 Å². The molecule has 5 aromatic carbocycles. The Morgan fingerprint density at radius 3 is 2.28 bits per heavy atom. The van der Waals surface area contributed by atoms with E-state index in [-0.39, 0.29) is 0 Å². The maximum Gasteiger partial charge on any atom is 0.0412 e. The predicted octanol–water partition coefficient (Wildman–Crippen LogP) is 9.45. The Kier molecular flexibility index (Phi) is 3.19. The molecule has 0 bridgehead atoms. The Hall–Kier alpha value is -3.06. The largest absolute Gasteiger partial charge is 0.0847 e. The fourth-order valence-corrected chi connectivity index (χ4v) is 6.73. The summed E-state index contributed by atoms with van der Waals surface area (Å²) in [5.74, 6) is 0.390. The normalized spacial score (nSPS) is 17.6. The van der Waals surface area contributed by atoms with E-state index in [1.54, 1.807) is 0 Å².